The van der Waals surface area contributed by atoms with Crippen molar-refractivity contribution < 1.29 is 9.53 Å². The largest absolute Gasteiger partial charge is 0.482 e. The van der Waals surface area contributed by atoms with Gasteiger partial charge in [-0.15, -0.1) is 0 Å². The van der Waals surface area contributed by atoms with Crippen LogP contribution in [-0.2, 0) is 4.79 Å². The van der Waals surface area contributed by atoms with Crippen LogP contribution in [0, 0.1) is 11.8 Å². The Morgan fingerprint density at radius 1 is 1.33 bits per heavy atom. The predicted octanol–water partition coefficient (Wildman–Crippen LogP) is 3.65. The average Bonchev–Trinajstić information content (AvgIpc) is 2.46. The first kappa shape index (κ1) is 15.8. The van der Waals surface area contributed by atoms with Crippen molar-refractivity contribution >= 4 is 23.2 Å². The standard InChI is InChI=1S/C16H21ClN2O2/c1-11-6-5-7-12(2)16(11)19-18-15(20)10-21-14-9-4-3-8-13(14)17/h3-4,8-9,11-12H,5-7,10H2,1-2H3,(H,18,20)/t11-,12+. The van der Waals surface area contributed by atoms with Crippen molar-refractivity contribution in [2.75, 3.05) is 6.61 Å². The topological polar surface area (TPSA) is 50.7 Å². The minimum Gasteiger partial charge on any atom is -0.482 e. The van der Waals surface area contributed by atoms with Gasteiger partial charge in [-0.3, -0.25) is 4.79 Å². The van der Waals surface area contributed by atoms with E-state index in [-0.39, 0.29) is 12.5 Å². The maximum absolute atomic E-state index is 11.8. The minimum absolute atomic E-state index is 0.0940. The summed E-state index contributed by atoms with van der Waals surface area (Å²) in [5.41, 5.74) is 3.66. The van der Waals surface area contributed by atoms with E-state index >= 15 is 0 Å². The molecule has 0 saturated heterocycles. The maximum atomic E-state index is 11.8. The lowest BCUT2D eigenvalue weighted by atomic mass is 9.81. The van der Waals surface area contributed by atoms with E-state index in [1.54, 1.807) is 12.1 Å². The van der Waals surface area contributed by atoms with Crippen LogP contribution in [0.3, 0.4) is 0 Å². The molecule has 0 unspecified atom stereocenters. The zero-order valence-electron chi connectivity index (χ0n) is 12.4. The second-order valence-corrected chi connectivity index (χ2v) is 5.93. The summed E-state index contributed by atoms with van der Waals surface area (Å²) in [5.74, 6) is 1.09. The Morgan fingerprint density at radius 2 is 2.00 bits per heavy atom. The molecule has 21 heavy (non-hydrogen) atoms. The SMILES string of the molecule is C[C@@H]1CCC[C@H](C)C1=NNC(=O)COc1ccccc1Cl. The van der Waals surface area contributed by atoms with Crippen molar-refractivity contribution in [3.63, 3.8) is 0 Å². The molecule has 2 rings (SSSR count). The fraction of sp³-hybridized carbons (Fsp3) is 0.500. The van der Waals surface area contributed by atoms with Gasteiger partial charge >= 0.3 is 0 Å². The number of benzene rings is 1. The van der Waals surface area contributed by atoms with E-state index in [9.17, 15) is 4.79 Å². The molecule has 1 N–H and O–H groups in total. The Kier molecular flexibility index (Phi) is 5.62. The van der Waals surface area contributed by atoms with Crippen LogP contribution in [0.4, 0.5) is 0 Å². The van der Waals surface area contributed by atoms with E-state index in [1.807, 2.05) is 12.1 Å². The van der Waals surface area contributed by atoms with Crippen LogP contribution in [0.1, 0.15) is 33.1 Å². The summed E-state index contributed by atoms with van der Waals surface area (Å²) in [5, 5.41) is 4.78. The number of hydrazone groups is 1. The number of nitrogens with one attached hydrogen (secondary N) is 1. The Balaban J connectivity index is 1.86. The number of carbonyl (C=O) groups excluding carboxylic acids is 1. The van der Waals surface area contributed by atoms with E-state index in [2.05, 4.69) is 24.4 Å². The second kappa shape index (κ2) is 7.46. The third kappa shape index (κ3) is 4.46. The fourth-order valence-electron chi connectivity index (χ4n) is 2.60. The van der Waals surface area contributed by atoms with Gasteiger partial charge in [0.25, 0.3) is 5.91 Å². The van der Waals surface area contributed by atoms with Gasteiger partial charge in [0, 0.05) is 5.71 Å². The number of halogens is 1. The molecule has 114 valence electrons. The van der Waals surface area contributed by atoms with Gasteiger partial charge in [0.1, 0.15) is 5.75 Å². The number of carbonyl (C=O) groups is 1. The molecule has 1 fully saturated rings. The van der Waals surface area contributed by atoms with Crippen molar-refractivity contribution in [3.8, 4) is 5.75 Å². The third-order valence-electron chi connectivity index (χ3n) is 3.79. The summed E-state index contributed by atoms with van der Waals surface area (Å²) in [6.45, 7) is 4.21. The number of hydrogen-bond donors (Lipinski definition) is 1. The van der Waals surface area contributed by atoms with Gasteiger partial charge in [0.05, 0.1) is 5.02 Å². The molecular formula is C16H21ClN2O2. The number of amides is 1. The molecule has 1 aromatic rings. The van der Waals surface area contributed by atoms with E-state index in [1.165, 1.54) is 6.42 Å². The Morgan fingerprint density at radius 3 is 2.67 bits per heavy atom. The molecule has 1 amide bonds. The molecule has 1 aromatic carbocycles. The molecule has 0 aromatic heterocycles. The summed E-state index contributed by atoms with van der Waals surface area (Å²) in [6, 6.07) is 7.07. The lowest BCUT2D eigenvalue weighted by Crippen LogP contribution is -2.31. The van der Waals surface area contributed by atoms with E-state index in [4.69, 9.17) is 16.3 Å². The van der Waals surface area contributed by atoms with E-state index in [0.29, 0.717) is 22.6 Å². The van der Waals surface area contributed by atoms with Crippen molar-refractivity contribution in [1.29, 1.82) is 0 Å². The summed E-state index contributed by atoms with van der Waals surface area (Å²) >= 11 is 5.96. The van der Waals surface area contributed by atoms with Gasteiger partial charge in [-0.25, -0.2) is 5.43 Å². The summed E-state index contributed by atoms with van der Waals surface area (Å²) < 4.78 is 5.38. The van der Waals surface area contributed by atoms with E-state index < -0.39 is 0 Å². The summed E-state index contributed by atoms with van der Waals surface area (Å²) in [7, 11) is 0. The van der Waals surface area contributed by atoms with Crippen LogP contribution in [-0.4, -0.2) is 18.2 Å². The molecule has 1 aliphatic carbocycles. The zero-order valence-corrected chi connectivity index (χ0v) is 13.2. The van der Waals surface area contributed by atoms with Crippen molar-refractivity contribution in [2.45, 2.75) is 33.1 Å². The molecule has 5 heteroatoms. The maximum Gasteiger partial charge on any atom is 0.277 e. The van der Waals surface area contributed by atoms with Crippen LogP contribution in [0.2, 0.25) is 5.02 Å². The van der Waals surface area contributed by atoms with Crippen LogP contribution in [0.15, 0.2) is 29.4 Å². The highest BCUT2D eigenvalue weighted by Crippen LogP contribution is 2.26. The van der Waals surface area contributed by atoms with Gasteiger partial charge < -0.3 is 4.74 Å². The monoisotopic (exact) mass is 308 g/mol. The molecule has 0 spiro atoms. The first-order chi connectivity index (χ1) is 10.1. The highest BCUT2D eigenvalue weighted by molar-refractivity contribution is 6.32. The quantitative estimate of drug-likeness (QED) is 0.863. The molecule has 1 aliphatic rings. The molecule has 1 saturated carbocycles. The van der Waals surface area contributed by atoms with Crippen molar-refractivity contribution in [2.24, 2.45) is 16.9 Å². The van der Waals surface area contributed by atoms with Gasteiger partial charge in [-0.05, 0) is 36.8 Å². The number of rotatable bonds is 4. The number of ether oxygens (including phenoxy) is 1. The average molecular weight is 309 g/mol. The van der Waals surface area contributed by atoms with Crippen LogP contribution >= 0.6 is 11.6 Å². The first-order valence-corrected chi connectivity index (χ1v) is 7.69. The molecular weight excluding hydrogens is 288 g/mol. The second-order valence-electron chi connectivity index (χ2n) is 5.52. The van der Waals surface area contributed by atoms with E-state index in [0.717, 1.165) is 18.6 Å². The normalized spacial score (nSPS) is 23.9. The molecule has 2 atom stereocenters. The number of hydrogen-bond acceptors (Lipinski definition) is 3. The van der Waals surface area contributed by atoms with Crippen molar-refractivity contribution in [1.82, 2.24) is 5.43 Å². The minimum atomic E-state index is -0.271. The van der Waals surface area contributed by atoms with Crippen LogP contribution in [0.25, 0.3) is 0 Å². The molecule has 4 nitrogen and oxygen atoms in total. The van der Waals surface area contributed by atoms with Crippen LogP contribution in [0.5, 0.6) is 5.75 Å². The third-order valence-corrected chi connectivity index (χ3v) is 4.10. The number of nitrogens with zero attached hydrogens (tertiary/aromatic N) is 1. The predicted molar refractivity (Wildman–Crippen MR) is 84.7 cm³/mol. The molecule has 0 aliphatic heterocycles. The van der Waals surface area contributed by atoms with Gasteiger partial charge in [0.15, 0.2) is 6.61 Å². The Bertz CT molecular complexity index is 519. The Hall–Kier alpha value is -1.55. The van der Waals surface area contributed by atoms with Gasteiger partial charge in [-0.1, -0.05) is 44.0 Å². The lowest BCUT2D eigenvalue weighted by molar-refractivity contribution is -0.123. The first-order valence-electron chi connectivity index (χ1n) is 7.31. The highest BCUT2D eigenvalue weighted by Gasteiger charge is 2.23. The summed E-state index contributed by atoms with van der Waals surface area (Å²) in [4.78, 5) is 11.8. The van der Waals surface area contributed by atoms with Crippen LogP contribution < -0.4 is 10.2 Å². The molecule has 0 bridgehead atoms. The molecule has 0 heterocycles. The zero-order chi connectivity index (χ0) is 15.2. The van der Waals surface area contributed by atoms with Gasteiger partial charge in [0.2, 0.25) is 0 Å². The smallest absolute Gasteiger partial charge is 0.277 e. The fourth-order valence-corrected chi connectivity index (χ4v) is 2.79. The van der Waals surface area contributed by atoms with Gasteiger partial charge in [-0.2, -0.15) is 5.10 Å². The lowest BCUT2D eigenvalue weighted by Gasteiger charge is -2.26. The summed E-state index contributed by atoms with van der Waals surface area (Å²) in [6.07, 6.45) is 3.50. The highest BCUT2D eigenvalue weighted by atomic mass is 35.5. The number of para-hydroxylation sites is 1. The molecule has 0 radical (unpaired) electrons. The Labute approximate surface area is 130 Å². The van der Waals surface area contributed by atoms with Crippen molar-refractivity contribution in [3.05, 3.63) is 29.3 Å².